The van der Waals surface area contributed by atoms with Crippen LogP contribution >= 0.6 is 0 Å². The van der Waals surface area contributed by atoms with Gasteiger partial charge in [-0.2, -0.15) is 0 Å². The van der Waals surface area contributed by atoms with Crippen molar-refractivity contribution < 1.29 is 0 Å². The first-order valence-corrected chi connectivity index (χ1v) is 6.62. The van der Waals surface area contributed by atoms with Gasteiger partial charge in [0, 0.05) is 0 Å². The molecule has 0 aromatic carbocycles. The van der Waals surface area contributed by atoms with E-state index in [2.05, 4.69) is 12.7 Å². The van der Waals surface area contributed by atoms with Crippen LogP contribution in [0, 0.1) is 11.8 Å². The van der Waals surface area contributed by atoms with Gasteiger partial charge in [0.1, 0.15) is 0 Å². The third-order valence-corrected chi connectivity index (χ3v) is 3.07. The summed E-state index contributed by atoms with van der Waals surface area (Å²) in [4.78, 5) is 0. The molecule has 2 heteroatoms. The van der Waals surface area contributed by atoms with Crippen LogP contribution in [0.15, 0.2) is 0 Å². The van der Waals surface area contributed by atoms with Gasteiger partial charge in [0.15, 0.2) is 0 Å². The molecule has 0 spiro atoms. The zero-order valence-corrected chi connectivity index (χ0v) is 11.3. The van der Waals surface area contributed by atoms with Gasteiger partial charge in [-0.25, -0.2) is 0 Å². The van der Waals surface area contributed by atoms with Crippen LogP contribution in [0.1, 0.15) is 59.3 Å². The van der Waals surface area contributed by atoms with E-state index in [-0.39, 0.29) is 0 Å². The second kappa shape index (κ2) is 13.9. The molecule has 2 nitrogen and oxygen atoms in total. The van der Waals surface area contributed by atoms with Gasteiger partial charge >= 0.3 is 0 Å². The average Bonchev–Trinajstić information content (AvgIpc) is 2.33. The standard InChI is InChI=1S/C10H21N.C2H6.CH5N/c1-9-5-2-3-6-10(9)7-4-8-11;2*1-2/h9-10H,2-8,11H2,1H3;1-2H3;2H2,1H3. The Morgan fingerprint density at radius 2 is 1.60 bits per heavy atom. The summed E-state index contributed by atoms with van der Waals surface area (Å²) in [6.45, 7) is 7.28. The van der Waals surface area contributed by atoms with E-state index in [0.29, 0.717) is 0 Å². The lowest BCUT2D eigenvalue weighted by Crippen LogP contribution is -2.17. The van der Waals surface area contributed by atoms with Gasteiger partial charge in [0.2, 0.25) is 0 Å². The molecule has 94 valence electrons. The van der Waals surface area contributed by atoms with Crippen molar-refractivity contribution in [2.24, 2.45) is 23.3 Å². The summed E-state index contributed by atoms with van der Waals surface area (Å²) in [5, 5.41) is 0. The van der Waals surface area contributed by atoms with E-state index in [1.54, 1.807) is 0 Å². The Balaban J connectivity index is 0. The van der Waals surface area contributed by atoms with E-state index in [0.717, 1.165) is 18.4 Å². The van der Waals surface area contributed by atoms with Crippen molar-refractivity contribution in [1.29, 1.82) is 0 Å². The average molecular weight is 216 g/mol. The first-order valence-electron chi connectivity index (χ1n) is 6.62. The lowest BCUT2D eigenvalue weighted by molar-refractivity contribution is 0.239. The van der Waals surface area contributed by atoms with Crippen LogP contribution in [0.25, 0.3) is 0 Å². The molecule has 4 N–H and O–H groups in total. The molecule has 0 heterocycles. The van der Waals surface area contributed by atoms with Crippen LogP contribution in [0.2, 0.25) is 0 Å². The SMILES string of the molecule is CC.CC1CCCCC1CCCN.CN. The van der Waals surface area contributed by atoms with Crippen molar-refractivity contribution in [2.75, 3.05) is 13.6 Å². The largest absolute Gasteiger partial charge is 0.333 e. The molecule has 1 aliphatic rings. The van der Waals surface area contributed by atoms with Crippen LogP contribution in [-0.2, 0) is 0 Å². The van der Waals surface area contributed by atoms with Gasteiger partial charge in [-0.05, 0) is 38.3 Å². The second-order valence-corrected chi connectivity index (χ2v) is 3.95. The van der Waals surface area contributed by atoms with Gasteiger partial charge in [-0.15, -0.1) is 0 Å². The molecule has 1 fully saturated rings. The summed E-state index contributed by atoms with van der Waals surface area (Å²) >= 11 is 0. The van der Waals surface area contributed by atoms with Crippen molar-refractivity contribution in [2.45, 2.75) is 59.3 Å². The quantitative estimate of drug-likeness (QED) is 0.761. The minimum absolute atomic E-state index is 0.878. The maximum atomic E-state index is 5.49. The van der Waals surface area contributed by atoms with Gasteiger partial charge in [-0.1, -0.05) is 46.5 Å². The third-order valence-electron chi connectivity index (χ3n) is 3.07. The van der Waals surface area contributed by atoms with E-state index in [1.807, 2.05) is 13.8 Å². The molecule has 1 rings (SSSR count). The fraction of sp³-hybridized carbons (Fsp3) is 1.00. The zero-order chi connectivity index (χ0) is 12.1. The minimum Gasteiger partial charge on any atom is -0.333 e. The summed E-state index contributed by atoms with van der Waals surface area (Å²) < 4.78 is 0. The Labute approximate surface area is 96.8 Å². The van der Waals surface area contributed by atoms with Gasteiger partial charge in [0.05, 0.1) is 0 Å². The Morgan fingerprint density at radius 1 is 1.07 bits per heavy atom. The zero-order valence-electron chi connectivity index (χ0n) is 11.3. The van der Waals surface area contributed by atoms with E-state index >= 15 is 0 Å². The molecular weight excluding hydrogens is 184 g/mol. The van der Waals surface area contributed by atoms with Crippen molar-refractivity contribution in [3.8, 4) is 0 Å². The summed E-state index contributed by atoms with van der Waals surface area (Å²) in [6, 6.07) is 0. The highest BCUT2D eigenvalue weighted by Gasteiger charge is 2.19. The Bertz CT molecular complexity index is 105. The Hall–Kier alpha value is -0.0800. The van der Waals surface area contributed by atoms with Crippen LogP contribution in [0.5, 0.6) is 0 Å². The number of hydrogen-bond acceptors (Lipinski definition) is 2. The Kier molecular flexibility index (Phi) is 16.1. The monoisotopic (exact) mass is 216 g/mol. The van der Waals surface area contributed by atoms with Gasteiger partial charge in [-0.3, -0.25) is 0 Å². The number of rotatable bonds is 3. The molecule has 0 saturated heterocycles. The van der Waals surface area contributed by atoms with E-state index in [9.17, 15) is 0 Å². The molecule has 15 heavy (non-hydrogen) atoms. The van der Waals surface area contributed by atoms with E-state index in [1.165, 1.54) is 45.6 Å². The highest BCUT2D eigenvalue weighted by atomic mass is 14.5. The van der Waals surface area contributed by atoms with Crippen molar-refractivity contribution in [3.05, 3.63) is 0 Å². The van der Waals surface area contributed by atoms with E-state index in [4.69, 9.17) is 5.73 Å². The van der Waals surface area contributed by atoms with E-state index < -0.39 is 0 Å². The summed E-state index contributed by atoms with van der Waals surface area (Å²) in [5.74, 6) is 1.96. The molecule has 0 amide bonds. The molecule has 0 radical (unpaired) electrons. The Morgan fingerprint density at radius 3 is 2.07 bits per heavy atom. The second-order valence-electron chi connectivity index (χ2n) is 3.95. The molecule has 2 unspecified atom stereocenters. The van der Waals surface area contributed by atoms with Gasteiger partial charge < -0.3 is 11.5 Å². The summed E-state index contributed by atoms with van der Waals surface area (Å²) in [6.07, 6.45) is 8.43. The van der Waals surface area contributed by atoms with Crippen LogP contribution in [0.3, 0.4) is 0 Å². The molecule has 0 aliphatic heterocycles. The topological polar surface area (TPSA) is 52.0 Å². The minimum atomic E-state index is 0.878. The van der Waals surface area contributed by atoms with Crippen molar-refractivity contribution in [1.82, 2.24) is 0 Å². The molecule has 0 bridgehead atoms. The van der Waals surface area contributed by atoms with Crippen LogP contribution in [-0.4, -0.2) is 13.6 Å². The predicted octanol–water partition coefficient (Wildman–Crippen LogP) is 3.15. The summed E-state index contributed by atoms with van der Waals surface area (Å²) in [5.41, 5.74) is 9.99. The highest BCUT2D eigenvalue weighted by Crippen LogP contribution is 2.32. The van der Waals surface area contributed by atoms with Crippen molar-refractivity contribution in [3.63, 3.8) is 0 Å². The molecule has 1 aliphatic carbocycles. The molecule has 1 saturated carbocycles. The fourth-order valence-corrected chi connectivity index (χ4v) is 2.20. The summed E-state index contributed by atoms with van der Waals surface area (Å²) in [7, 11) is 1.50. The van der Waals surface area contributed by atoms with Crippen LogP contribution < -0.4 is 11.5 Å². The molecule has 2 atom stereocenters. The lowest BCUT2D eigenvalue weighted by Gasteiger charge is -2.28. The molecule has 0 aromatic rings. The predicted molar refractivity (Wildman–Crippen MR) is 70.9 cm³/mol. The lowest BCUT2D eigenvalue weighted by atomic mass is 9.78. The molecular formula is C13H32N2. The normalized spacial score (nSPS) is 24.4. The van der Waals surface area contributed by atoms with Gasteiger partial charge in [0.25, 0.3) is 0 Å². The maximum Gasteiger partial charge on any atom is -0.00772 e. The molecule has 0 aromatic heterocycles. The maximum absolute atomic E-state index is 5.49. The fourth-order valence-electron chi connectivity index (χ4n) is 2.20. The van der Waals surface area contributed by atoms with Crippen molar-refractivity contribution >= 4 is 0 Å². The first kappa shape index (κ1) is 17.3. The van der Waals surface area contributed by atoms with Crippen LogP contribution in [0.4, 0.5) is 0 Å². The number of nitrogens with two attached hydrogens (primary N) is 2. The highest BCUT2D eigenvalue weighted by molar-refractivity contribution is 4.72. The first-order chi connectivity index (χ1) is 7.34. The third kappa shape index (κ3) is 8.88. The number of hydrogen-bond donors (Lipinski definition) is 2. The smallest absolute Gasteiger partial charge is 0.00772 e.